The lowest BCUT2D eigenvalue weighted by atomic mass is 10.1. The summed E-state index contributed by atoms with van der Waals surface area (Å²) >= 11 is 0. The summed E-state index contributed by atoms with van der Waals surface area (Å²) in [4.78, 5) is 9.68. The van der Waals surface area contributed by atoms with Gasteiger partial charge < -0.3 is 16.8 Å². The van der Waals surface area contributed by atoms with Crippen LogP contribution >= 0.6 is 0 Å². The molecule has 8 N–H and O–H groups in total. The van der Waals surface area contributed by atoms with Gasteiger partial charge in [-0.15, -0.1) is 5.11 Å². The third-order valence-corrected chi connectivity index (χ3v) is 11.4. The molecule has 0 aliphatic heterocycles. The van der Waals surface area contributed by atoms with Gasteiger partial charge in [-0.2, -0.15) is 40.6 Å². The Morgan fingerprint density at radius 3 is 1.73 bits per heavy atom. The Labute approximate surface area is 296 Å². The molecular weight excluding hydrogens is 803 g/mol. The number of urea groups is 1. The third kappa shape index (κ3) is 12.6. The van der Waals surface area contributed by atoms with E-state index in [-0.39, 0.29) is 33.2 Å². The largest absolute Gasteiger partial charge is 0.397 e. The number of nitrogens with zero attached hydrogens (tertiary/aromatic N) is 4. The molecule has 0 radical (unpaired) electrons. The number of amides is 2. The van der Waals surface area contributed by atoms with Crippen molar-refractivity contribution < 1.29 is 68.9 Å². The van der Waals surface area contributed by atoms with Crippen molar-refractivity contribution in [2.75, 3.05) is 35.8 Å². The molecule has 0 unspecified atom stereocenters. The standard InChI is InChI=1S/C24H27N7O16S5/c25-23-18(14-27-30-20-6-5-17(13-22(20)50(37,38)39)49(35,36)12-10-47-52(43,44)45)19(28-24(26)32)7-8-21(23)31-29-15-1-3-16(4-2-15)48(33,34)11-9-46-51(40,41)42/h1-8,13H,9-12,14,25H2,(H3,26,28,32)(H,37,38,39)(H,40,41,42)(H,43,44,45)/b30-27+,31-29+. The summed E-state index contributed by atoms with van der Waals surface area (Å²) in [7, 11) is -23.3. The minimum Gasteiger partial charge on any atom is -0.397 e. The first-order valence-electron chi connectivity index (χ1n) is 13.6. The van der Waals surface area contributed by atoms with Gasteiger partial charge in [0.25, 0.3) is 10.1 Å². The van der Waals surface area contributed by atoms with Gasteiger partial charge in [0.05, 0.1) is 52.4 Å². The molecule has 0 saturated heterocycles. The van der Waals surface area contributed by atoms with Gasteiger partial charge in [-0.25, -0.2) is 30.0 Å². The molecule has 0 atom stereocenters. The summed E-state index contributed by atoms with van der Waals surface area (Å²) in [6.07, 6.45) is 0. The van der Waals surface area contributed by atoms with Crippen molar-refractivity contribution in [3.63, 3.8) is 0 Å². The average molecular weight is 830 g/mol. The number of carbonyl (C=O) groups is 1. The van der Waals surface area contributed by atoms with Crippen molar-refractivity contribution in [3.05, 3.63) is 60.2 Å². The first-order chi connectivity index (χ1) is 23.9. The SMILES string of the molecule is NC(=O)Nc1ccc(/N=N/c2ccc(S(=O)(=O)CCOS(=O)(=O)O)cc2)c(N)c1C/N=N/c1ccc(S(=O)(=O)CCOS(=O)(=O)O)cc1S(=O)(=O)O. The normalized spacial score (nSPS) is 13.1. The highest BCUT2D eigenvalue weighted by atomic mass is 32.3. The number of nitrogens with two attached hydrogens (primary N) is 2. The van der Waals surface area contributed by atoms with Crippen molar-refractivity contribution in [2.45, 2.75) is 21.2 Å². The number of rotatable bonds is 17. The Balaban J connectivity index is 1.89. The van der Waals surface area contributed by atoms with Crippen LogP contribution in [0.3, 0.4) is 0 Å². The van der Waals surface area contributed by atoms with E-state index in [0.29, 0.717) is 6.07 Å². The van der Waals surface area contributed by atoms with Crippen LogP contribution in [0.2, 0.25) is 0 Å². The van der Waals surface area contributed by atoms with Crippen molar-refractivity contribution >= 4 is 85.1 Å². The average Bonchev–Trinajstić information content (AvgIpc) is 3.00. The van der Waals surface area contributed by atoms with Gasteiger partial charge in [-0.1, -0.05) is 0 Å². The Hall–Kier alpha value is -4.52. The lowest BCUT2D eigenvalue weighted by Gasteiger charge is -2.12. The minimum atomic E-state index is -5.13. The molecular formula is C24H27N7O16S5. The molecule has 23 nitrogen and oxygen atoms in total. The number of benzene rings is 3. The molecule has 0 aromatic heterocycles. The predicted octanol–water partition coefficient (Wildman–Crippen LogP) is 1.89. The van der Waals surface area contributed by atoms with E-state index >= 15 is 0 Å². The smallest absolute Gasteiger partial charge is 0.397 e. The molecule has 0 fully saturated rings. The fourth-order valence-corrected chi connectivity index (χ4v) is 7.61. The molecule has 52 heavy (non-hydrogen) atoms. The van der Waals surface area contributed by atoms with Crippen LogP contribution in [0.5, 0.6) is 0 Å². The van der Waals surface area contributed by atoms with Crippen molar-refractivity contribution in [1.82, 2.24) is 0 Å². The number of anilines is 2. The highest BCUT2D eigenvalue weighted by Gasteiger charge is 2.23. The molecule has 3 rings (SSSR count). The number of sulfone groups is 2. The van der Waals surface area contributed by atoms with Gasteiger partial charge in [0.2, 0.25) is 0 Å². The van der Waals surface area contributed by atoms with Crippen molar-refractivity contribution in [2.24, 2.45) is 26.2 Å². The molecule has 0 bridgehead atoms. The van der Waals surface area contributed by atoms with Crippen LogP contribution in [-0.4, -0.2) is 86.5 Å². The fraction of sp³-hybridized carbons (Fsp3) is 0.208. The Morgan fingerprint density at radius 2 is 1.21 bits per heavy atom. The Kier molecular flexibility index (Phi) is 13.2. The maximum Gasteiger partial charge on any atom is 0.397 e. The quantitative estimate of drug-likeness (QED) is 0.0642. The van der Waals surface area contributed by atoms with Gasteiger partial charge in [0, 0.05) is 11.3 Å². The van der Waals surface area contributed by atoms with Crippen LogP contribution in [0.4, 0.5) is 33.2 Å². The first-order valence-corrected chi connectivity index (χ1v) is 21.0. The van der Waals surface area contributed by atoms with Crippen LogP contribution in [-0.2, 0) is 65.5 Å². The molecule has 3 aromatic carbocycles. The second-order valence-electron chi connectivity index (χ2n) is 9.85. The van der Waals surface area contributed by atoms with E-state index in [1.807, 2.05) is 0 Å². The zero-order valence-electron chi connectivity index (χ0n) is 25.9. The number of hydrogen-bond acceptors (Lipinski definition) is 18. The lowest BCUT2D eigenvalue weighted by Crippen LogP contribution is -2.20. The van der Waals surface area contributed by atoms with Crippen LogP contribution < -0.4 is 16.8 Å². The van der Waals surface area contributed by atoms with Crippen LogP contribution in [0.15, 0.2) is 89.7 Å². The van der Waals surface area contributed by atoms with E-state index in [9.17, 15) is 51.4 Å². The third-order valence-electron chi connectivity index (χ3n) is 6.21. The van der Waals surface area contributed by atoms with Gasteiger partial charge in [0.1, 0.15) is 16.3 Å². The molecule has 2 amide bonds. The van der Waals surface area contributed by atoms with Gasteiger partial charge in [-0.05, 0) is 54.6 Å². The molecule has 0 saturated carbocycles. The fourth-order valence-electron chi connectivity index (χ4n) is 3.88. The number of nitrogens with one attached hydrogen (secondary N) is 1. The second-order valence-corrected chi connectivity index (χ2v) is 17.6. The van der Waals surface area contributed by atoms with Crippen LogP contribution in [0, 0.1) is 0 Å². The zero-order valence-corrected chi connectivity index (χ0v) is 29.9. The summed E-state index contributed by atoms with van der Waals surface area (Å²) in [6.45, 7) is -2.35. The van der Waals surface area contributed by atoms with E-state index in [4.69, 9.17) is 20.6 Å². The molecule has 3 aromatic rings. The minimum absolute atomic E-state index is 0.00885. The maximum absolute atomic E-state index is 12.5. The molecule has 28 heteroatoms. The highest BCUT2D eigenvalue weighted by Crippen LogP contribution is 2.35. The van der Waals surface area contributed by atoms with E-state index in [2.05, 4.69) is 34.1 Å². The predicted molar refractivity (Wildman–Crippen MR) is 178 cm³/mol. The number of hydrogen-bond donors (Lipinski definition) is 6. The van der Waals surface area contributed by atoms with Gasteiger partial charge >= 0.3 is 26.8 Å². The monoisotopic (exact) mass is 829 g/mol. The summed E-state index contributed by atoms with van der Waals surface area (Å²) < 4.78 is 152. The van der Waals surface area contributed by atoms with Crippen LogP contribution in [0.25, 0.3) is 0 Å². The Bertz CT molecular complexity index is 2460. The summed E-state index contributed by atoms with van der Waals surface area (Å²) in [5.41, 5.74) is 10.9. The number of primary amides is 1. The zero-order chi connectivity index (χ0) is 39.1. The molecule has 284 valence electrons. The van der Waals surface area contributed by atoms with E-state index in [0.717, 1.165) is 24.3 Å². The van der Waals surface area contributed by atoms with E-state index < -0.39 is 103 Å². The topological polar surface area (TPSA) is 380 Å². The maximum atomic E-state index is 12.5. The number of azo groups is 2. The van der Waals surface area contributed by atoms with Gasteiger partial charge in [0.15, 0.2) is 19.7 Å². The van der Waals surface area contributed by atoms with Gasteiger partial charge in [-0.3, -0.25) is 13.7 Å². The van der Waals surface area contributed by atoms with Crippen molar-refractivity contribution in [3.8, 4) is 0 Å². The van der Waals surface area contributed by atoms with E-state index in [1.165, 1.54) is 24.3 Å². The molecule has 0 aliphatic carbocycles. The van der Waals surface area contributed by atoms with Crippen LogP contribution in [0.1, 0.15) is 5.56 Å². The highest BCUT2D eigenvalue weighted by molar-refractivity contribution is 7.92. The number of nitrogen functional groups attached to an aromatic ring is 1. The van der Waals surface area contributed by atoms with Crippen molar-refractivity contribution in [1.29, 1.82) is 0 Å². The van der Waals surface area contributed by atoms with E-state index in [1.54, 1.807) is 0 Å². The number of carbonyl (C=O) groups excluding carboxylic acids is 1. The molecule has 0 spiro atoms. The summed E-state index contributed by atoms with van der Waals surface area (Å²) in [6, 6.07) is 8.68. The molecule has 0 heterocycles. The summed E-state index contributed by atoms with van der Waals surface area (Å²) in [5, 5.41) is 17.8. The molecule has 0 aliphatic rings. The second kappa shape index (κ2) is 16.4. The summed E-state index contributed by atoms with van der Waals surface area (Å²) in [5.74, 6) is -1.77. The first kappa shape index (κ1) is 41.9. The lowest BCUT2D eigenvalue weighted by molar-refractivity contribution is 0.259. The Morgan fingerprint density at radius 1 is 0.692 bits per heavy atom.